The predicted molar refractivity (Wildman–Crippen MR) is 270 cm³/mol. The van der Waals surface area contributed by atoms with Gasteiger partial charge in [-0.25, -0.2) is 0 Å². The first kappa shape index (κ1) is 38.1. The number of rotatable bonds is 4. The summed E-state index contributed by atoms with van der Waals surface area (Å²) in [4.78, 5) is 0. The molecule has 0 amide bonds. The Labute approximate surface area is 380 Å². The summed E-state index contributed by atoms with van der Waals surface area (Å²) < 4.78 is 15.2. The van der Waals surface area contributed by atoms with Crippen LogP contribution >= 0.6 is 0 Å². The maximum absolute atomic E-state index is 7.25. The van der Waals surface area contributed by atoms with E-state index in [-0.39, 0.29) is 5.41 Å². The van der Waals surface area contributed by atoms with Gasteiger partial charge in [0.1, 0.15) is 16.8 Å². The second-order valence-electron chi connectivity index (χ2n) is 20.2. The van der Waals surface area contributed by atoms with Gasteiger partial charge >= 0.3 is 11.5 Å². The Morgan fingerprint density at radius 2 is 1.22 bits per heavy atom. The molecular formula is C60H49N3OSi+2. The lowest BCUT2D eigenvalue weighted by Crippen LogP contribution is -2.72. The van der Waals surface area contributed by atoms with Crippen molar-refractivity contribution in [1.29, 1.82) is 0 Å². The van der Waals surface area contributed by atoms with Crippen molar-refractivity contribution in [3.63, 3.8) is 0 Å². The molecule has 2 aliphatic heterocycles. The standard InChI is InChI=1S/C60H49N3OSi/c1-59(2,3)41-35-47(38-19-9-7-10-20-38)55(48(36-41)39-21-11-8-12-22-39)62-52-33-29-40-23-13-14-24-43(40)56(52)63-58(62)54-50(32-31-45-44-25-16-18-28-53(44)64-57(45)54)60(63)49-27-17-15-26-46(49)51-34-30-42(37-61(51)60)65(4,5)6/h7-37H,1-6H3/q+2. The number of hydrogen-bond acceptors (Lipinski definition) is 1. The molecule has 0 bridgehead atoms. The van der Waals surface area contributed by atoms with Gasteiger partial charge in [-0.05, 0) is 88.2 Å². The minimum Gasteiger partial charge on any atom is -0.455 e. The molecule has 1 unspecified atom stereocenters. The summed E-state index contributed by atoms with van der Waals surface area (Å²) in [6.07, 6.45) is 2.51. The van der Waals surface area contributed by atoms with E-state index in [2.05, 4.69) is 242 Å². The van der Waals surface area contributed by atoms with Crippen LogP contribution in [0, 0.1) is 0 Å². The van der Waals surface area contributed by atoms with Crippen molar-refractivity contribution in [1.82, 2.24) is 4.57 Å². The Hall–Kier alpha value is -7.34. The van der Waals surface area contributed by atoms with Crippen LogP contribution in [0.3, 0.4) is 0 Å². The van der Waals surface area contributed by atoms with Crippen molar-refractivity contribution in [2.24, 2.45) is 0 Å². The Bertz CT molecular complexity index is 3730. The minimum atomic E-state index is -1.81. The van der Waals surface area contributed by atoms with Crippen molar-refractivity contribution in [3.05, 3.63) is 205 Å². The van der Waals surface area contributed by atoms with Gasteiger partial charge in [0.05, 0.1) is 24.8 Å². The Balaban J connectivity index is 1.33. The molecule has 0 aliphatic carbocycles. The van der Waals surface area contributed by atoms with Gasteiger partial charge in [-0.2, -0.15) is 4.57 Å². The highest BCUT2D eigenvalue weighted by atomic mass is 28.3. The van der Waals surface area contributed by atoms with E-state index in [9.17, 15) is 0 Å². The predicted octanol–water partition coefficient (Wildman–Crippen LogP) is 13.7. The first-order valence-electron chi connectivity index (χ1n) is 22.9. The average Bonchev–Trinajstić information content (AvgIpc) is 4.04. The number of hydrogen-bond donors (Lipinski definition) is 0. The molecule has 1 spiro atoms. The van der Waals surface area contributed by atoms with Crippen LogP contribution in [0.25, 0.3) is 94.3 Å². The maximum atomic E-state index is 7.25. The SMILES string of the molecule is CC(C)(C)c1cc(-c2ccccc2)c(-n2c3[n+](c4c5ccccc5ccc42)C2(c4ccccc4-c4ccc([Si](C)(C)C)c[n+]42)c2ccc4c(oc5ccccc54)c2-3)c(-c2ccccc2)c1. The number of para-hydroxylation sites is 1. The van der Waals surface area contributed by atoms with Gasteiger partial charge in [-0.15, -0.1) is 9.13 Å². The van der Waals surface area contributed by atoms with E-state index in [0.717, 1.165) is 44.5 Å². The summed E-state index contributed by atoms with van der Waals surface area (Å²) in [7, 11) is -1.81. The Morgan fingerprint density at radius 1 is 0.569 bits per heavy atom. The van der Waals surface area contributed by atoms with E-state index >= 15 is 0 Å². The smallest absolute Gasteiger partial charge is 0.364 e. The molecule has 65 heavy (non-hydrogen) atoms. The third kappa shape index (κ3) is 5.19. The number of aromatic nitrogens is 3. The molecule has 0 saturated carbocycles. The molecule has 0 saturated heterocycles. The van der Waals surface area contributed by atoms with Crippen molar-refractivity contribution < 1.29 is 13.6 Å². The zero-order valence-electron chi connectivity index (χ0n) is 37.6. The molecule has 8 aromatic carbocycles. The first-order valence-corrected chi connectivity index (χ1v) is 26.4. The zero-order chi connectivity index (χ0) is 44.0. The van der Waals surface area contributed by atoms with Crippen LogP contribution in [0.2, 0.25) is 19.6 Å². The molecule has 4 nitrogen and oxygen atoms in total. The van der Waals surface area contributed by atoms with Gasteiger partial charge in [0.15, 0.2) is 22.8 Å². The molecule has 2 aliphatic rings. The van der Waals surface area contributed by atoms with Crippen molar-refractivity contribution >= 4 is 57.0 Å². The first-order chi connectivity index (χ1) is 31.5. The van der Waals surface area contributed by atoms with Gasteiger partial charge in [-0.1, -0.05) is 156 Å². The van der Waals surface area contributed by atoms with Crippen molar-refractivity contribution in [3.8, 4) is 50.6 Å². The van der Waals surface area contributed by atoms with Gasteiger partial charge in [-0.3, -0.25) is 0 Å². The monoisotopic (exact) mass is 855 g/mol. The van der Waals surface area contributed by atoms with Crippen molar-refractivity contribution in [2.75, 3.05) is 0 Å². The fraction of sp³-hybridized carbons (Fsp3) is 0.133. The third-order valence-electron chi connectivity index (χ3n) is 14.3. The van der Waals surface area contributed by atoms with Crippen LogP contribution in [0.15, 0.2) is 193 Å². The van der Waals surface area contributed by atoms with Gasteiger partial charge < -0.3 is 4.42 Å². The molecule has 11 aromatic rings. The molecule has 312 valence electrons. The molecule has 0 fully saturated rings. The fourth-order valence-corrected chi connectivity index (χ4v) is 12.3. The number of pyridine rings is 1. The van der Waals surface area contributed by atoms with Crippen LogP contribution in [0.4, 0.5) is 0 Å². The molecule has 13 rings (SSSR count). The summed E-state index contributed by atoms with van der Waals surface area (Å²) >= 11 is 0. The van der Waals surface area contributed by atoms with E-state index in [1.165, 1.54) is 71.7 Å². The Morgan fingerprint density at radius 3 is 1.92 bits per heavy atom. The largest absolute Gasteiger partial charge is 0.455 e. The number of furan rings is 1. The lowest BCUT2D eigenvalue weighted by Gasteiger charge is -2.24. The van der Waals surface area contributed by atoms with Gasteiger partial charge in [0.2, 0.25) is 5.69 Å². The van der Waals surface area contributed by atoms with E-state index in [1.54, 1.807) is 0 Å². The average molecular weight is 856 g/mol. The molecule has 5 heterocycles. The zero-order valence-corrected chi connectivity index (χ0v) is 38.6. The number of benzene rings is 8. The van der Waals surface area contributed by atoms with Crippen molar-refractivity contribution in [2.45, 2.75) is 51.5 Å². The highest BCUT2D eigenvalue weighted by Crippen LogP contribution is 2.54. The lowest BCUT2D eigenvalue weighted by molar-refractivity contribution is -0.944. The van der Waals surface area contributed by atoms with Crippen LogP contribution < -0.4 is 14.3 Å². The van der Waals surface area contributed by atoms with E-state index in [0.29, 0.717) is 0 Å². The van der Waals surface area contributed by atoms with Crippen LogP contribution in [-0.4, -0.2) is 12.6 Å². The van der Waals surface area contributed by atoms with E-state index in [4.69, 9.17) is 4.42 Å². The maximum Gasteiger partial charge on any atom is 0.364 e. The second-order valence-corrected chi connectivity index (χ2v) is 25.2. The normalized spacial score (nSPS) is 15.3. The van der Waals surface area contributed by atoms with Crippen LogP contribution in [0.5, 0.6) is 0 Å². The third-order valence-corrected chi connectivity index (χ3v) is 16.4. The molecule has 1 atom stereocenters. The minimum absolute atomic E-state index is 0.115. The number of fused-ring (bicyclic) bond motifs is 18. The topological polar surface area (TPSA) is 25.8 Å². The van der Waals surface area contributed by atoms with Gasteiger partial charge in [0, 0.05) is 38.5 Å². The van der Waals surface area contributed by atoms with Crippen LogP contribution in [-0.2, 0) is 11.1 Å². The molecule has 3 aromatic heterocycles. The van der Waals surface area contributed by atoms with Gasteiger partial charge in [0.25, 0.3) is 0 Å². The summed E-state index contributed by atoms with van der Waals surface area (Å²) in [5, 5.41) is 6.06. The molecule has 0 N–H and O–H groups in total. The molecule has 0 radical (unpaired) electrons. The summed E-state index contributed by atoms with van der Waals surface area (Å²) in [6, 6.07) is 67.8. The number of imidazole rings is 1. The summed E-state index contributed by atoms with van der Waals surface area (Å²) in [5.41, 5.74) is 16.4. The highest BCUT2D eigenvalue weighted by Gasteiger charge is 2.67. The molecular weight excluding hydrogens is 807 g/mol. The van der Waals surface area contributed by atoms with E-state index < -0.39 is 13.7 Å². The number of nitrogens with zero attached hydrogens (tertiary/aromatic N) is 3. The Kier molecular flexibility index (Phi) is 7.83. The summed E-state index contributed by atoms with van der Waals surface area (Å²) in [6.45, 7) is 14.4. The highest BCUT2D eigenvalue weighted by molar-refractivity contribution is 6.88. The second kappa shape index (κ2) is 13.4. The summed E-state index contributed by atoms with van der Waals surface area (Å²) in [5.74, 6) is 1.10. The quantitative estimate of drug-likeness (QED) is 0.128. The van der Waals surface area contributed by atoms with Crippen LogP contribution in [0.1, 0.15) is 37.5 Å². The van der Waals surface area contributed by atoms with E-state index in [1.807, 2.05) is 0 Å². The molecule has 5 heteroatoms. The fourth-order valence-electron chi connectivity index (χ4n) is 11.2. The lowest BCUT2D eigenvalue weighted by atomic mass is 9.82.